The lowest BCUT2D eigenvalue weighted by atomic mass is 10.2. The molecule has 0 radical (unpaired) electrons. The molecule has 1 aliphatic heterocycles. The molecular weight excluding hydrogens is 316 g/mol. The van der Waals surface area contributed by atoms with Crippen molar-refractivity contribution in [1.29, 1.82) is 0 Å². The number of hydrogen-bond acceptors (Lipinski definition) is 6. The van der Waals surface area contributed by atoms with Gasteiger partial charge in [0.2, 0.25) is 0 Å². The van der Waals surface area contributed by atoms with Gasteiger partial charge in [0.25, 0.3) is 5.91 Å². The third-order valence-corrected chi connectivity index (χ3v) is 4.70. The smallest absolute Gasteiger partial charge is 0.307 e. The Balaban J connectivity index is 1.84. The van der Waals surface area contributed by atoms with E-state index in [9.17, 15) is 9.59 Å². The van der Waals surface area contributed by atoms with Gasteiger partial charge in [0, 0.05) is 32.7 Å². The van der Waals surface area contributed by atoms with Crippen LogP contribution in [0.4, 0.5) is 0 Å². The van der Waals surface area contributed by atoms with Crippen LogP contribution in [0.15, 0.2) is 17.5 Å². The van der Waals surface area contributed by atoms with Crippen molar-refractivity contribution in [3.63, 3.8) is 0 Å². The number of carbonyl (C=O) groups excluding carboxylic acids is 2. The number of hydrogen-bond donors (Lipinski definition) is 0. The van der Waals surface area contributed by atoms with E-state index >= 15 is 0 Å². The first kappa shape index (κ1) is 17.9. The van der Waals surface area contributed by atoms with Crippen molar-refractivity contribution in [2.75, 3.05) is 53.0 Å². The lowest BCUT2D eigenvalue weighted by Crippen LogP contribution is -2.39. The zero-order valence-corrected chi connectivity index (χ0v) is 14.3. The molecule has 6 nitrogen and oxygen atoms in total. The number of rotatable bonds is 8. The summed E-state index contributed by atoms with van der Waals surface area (Å²) in [5.41, 5.74) is 0. The quantitative estimate of drug-likeness (QED) is 0.671. The van der Waals surface area contributed by atoms with Crippen molar-refractivity contribution < 1.29 is 19.1 Å². The highest BCUT2D eigenvalue weighted by Crippen LogP contribution is 2.13. The van der Waals surface area contributed by atoms with Gasteiger partial charge in [-0.15, -0.1) is 11.3 Å². The fraction of sp³-hybridized carbons (Fsp3) is 0.625. The molecule has 128 valence electrons. The van der Waals surface area contributed by atoms with Gasteiger partial charge in [-0.1, -0.05) is 6.07 Å². The summed E-state index contributed by atoms with van der Waals surface area (Å²) in [4.78, 5) is 28.7. The van der Waals surface area contributed by atoms with E-state index < -0.39 is 0 Å². The van der Waals surface area contributed by atoms with Gasteiger partial charge >= 0.3 is 5.97 Å². The number of morpholine rings is 1. The highest BCUT2D eigenvalue weighted by Gasteiger charge is 2.18. The van der Waals surface area contributed by atoms with Crippen LogP contribution in [0, 0.1) is 0 Å². The summed E-state index contributed by atoms with van der Waals surface area (Å²) in [5.74, 6) is -0.298. The van der Waals surface area contributed by atoms with Crippen LogP contribution in [0.25, 0.3) is 0 Å². The fourth-order valence-electron chi connectivity index (χ4n) is 2.51. The fourth-order valence-corrected chi connectivity index (χ4v) is 3.20. The predicted octanol–water partition coefficient (Wildman–Crippen LogP) is 1.48. The number of ether oxygens (including phenoxy) is 2. The van der Waals surface area contributed by atoms with Gasteiger partial charge in [0.05, 0.1) is 31.6 Å². The van der Waals surface area contributed by atoms with E-state index in [2.05, 4.69) is 9.64 Å². The average Bonchev–Trinajstić information content (AvgIpc) is 3.12. The van der Waals surface area contributed by atoms with Crippen molar-refractivity contribution in [1.82, 2.24) is 9.80 Å². The van der Waals surface area contributed by atoms with Crippen LogP contribution in [0.5, 0.6) is 0 Å². The number of esters is 1. The molecule has 7 heteroatoms. The van der Waals surface area contributed by atoms with E-state index in [0.29, 0.717) is 18.0 Å². The van der Waals surface area contributed by atoms with Crippen LogP contribution in [-0.2, 0) is 14.3 Å². The summed E-state index contributed by atoms with van der Waals surface area (Å²) in [6, 6.07) is 3.68. The van der Waals surface area contributed by atoms with E-state index in [1.165, 1.54) is 18.4 Å². The molecule has 0 aliphatic carbocycles. The van der Waals surface area contributed by atoms with Crippen molar-refractivity contribution in [2.24, 2.45) is 0 Å². The molecule has 1 saturated heterocycles. The summed E-state index contributed by atoms with van der Waals surface area (Å²) in [5, 5.41) is 1.89. The first-order valence-electron chi connectivity index (χ1n) is 7.90. The molecule has 0 spiro atoms. The maximum absolute atomic E-state index is 12.5. The van der Waals surface area contributed by atoms with Gasteiger partial charge in [0.1, 0.15) is 0 Å². The monoisotopic (exact) mass is 340 g/mol. The third-order valence-electron chi connectivity index (χ3n) is 3.84. The average molecular weight is 340 g/mol. The highest BCUT2D eigenvalue weighted by molar-refractivity contribution is 7.12. The summed E-state index contributed by atoms with van der Waals surface area (Å²) >= 11 is 1.43. The summed E-state index contributed by atoms with van der Waals surface area (Å²) < 4.78 is 10.0. The molecule has 23 heavy (non-hydrogen) atoms. The van der Waals surface area contributed by atoms with Crippen LogP contribution in [-0.4, -0.2) is 74.7 Å². The number of carbonyl (C=O) groups is 2. The van der Waals surface area contributed by atoms with E-state index in [-0.39, 0.29) is 18.3 Å². The summed E-state index contributed by atoms with van der Waals surface area (Å²) in [6.45, 7) is 5.43. The Labute approximate surface area is 141 Å². The van der Waals surface area contributed by atoms with Crippen LogP contribution in [0.3, 0.4) is 0 Å². The Kier molecular flexibility index (Phi) is 7.51. The second kappa shape index (κ2) is 9.64. The number of nitrogens with zero attached hydrogens (tertiary/aromatic N) is 2. The number of thiophene rings is 1. The van der Waals surface area contributed by atoms with Crippen molar-refractivity contribution in [3.8, 4) is 0 Å². The third kappa shape index (κ3) is 5.93. The van der Waals surface area contributed by atoms with Crippen molar-refractivity contribution in [2.45, 2.75) is 12.8 Å². The SMILES string of the molecule is COC(=O)CCN(CCCN1CCOCC1)C(=O)c1cccs1. The van der Waals surface area contributed by atoms with Crippen LogP contribution >= 0.6 is 11.3 Å². The minimum absolute atomic E-state index is 0.00844. The van der Waals surface area contributed by atoms with E-state index in [1.807, 2.05) is 17.5 Å². The molecule has 1 amide bonds. The van der Waals surface area contributed by atoms with E-state index in [1.54, 1.807) is 4.90 Å². The number of amides is 1. The molecule has 0 unspecified atom stereocenters. The first-order valence-corrected chi connectivity index (χ1v) is 8.78. The Morgan fingerprint density at radius 1 is 1.35 bits per heavy atom. The molecule has 0 saturated carbocycles. The van der Waals surface area contributed by atoms with Gasteiger partial charge < -0.3 is 14.4 Å². The molecule has 0 aromatic carbocycles. The molecule has 1 fully saturated rings. The van der Waals surface area contributed by atoms with Gasteiger partial charge in [-0.2, -0.15) is 0 Å². The molecular formula is C16H24N2O4S. The normalized spacial score (nSPS) is 15.3. The standard InChI is InChI=1S/C16H24N2O4S/c1-21-15(19)5-8-18(16(20)14-4-2-13-23-14)7-3-6-17-9-11-22-12-10-17/h2,4,13H,3,5-12H2,1H3. The van der Waals surface area contributed by atoms with E-state index in [4.69, 9.17) is 4.74 Å². The lowest BCUT2D eigenvalue weighted by molar-refractivity contribution is -0.140. The lowest BCUT2D eigenvalue weighted by Gasteiger charge is -2.28. The Bertz CT molecular complexity index is 486. The molecule has 0 atom stereocenters. The second-order valence-electron chi connectivity index (χ2n) is 5.40. The van der Waals surface area contributed by atoms with Gasteiger partial charge in [-0.25, -0.2) is 0 Å². The van der Waals surface area contributed by atoms with Crippen LogP contribution in [0.2, 0.25) is 0 Å². The van der Waals surface area contributed by atoms with Gasteiger partial charge in [-0.3, -0.25) is 14.5 Å². The van der Waals surface area contributed by atoms with Gasteiger partial charge in [-0.05, 0) is 17.9 Å². The molecule has 0 N–H and O–H groups in total. The molecule has 2 rings (SSSR count). The summed E-state index contributed by atoms with van der Waals surface area (Å²) in [7, 11) is 1.37. The van der Waals surface area contributed by atoms with Crippen LogP contribution < -0.4 is 0 Å². The Hall–Kier alpha value is -1.44. The summed E-state index contributed by atoms with van der Waals surface area (Å²) in [6.07, 6.45) is 1.11. The zero-order valence-electron chi connectivity index (χ0n) is 13.5. The molecule has 1 aliphatic rings. The second-order valence-corrected chi connectivity index (χ2v) is 6.35. The Morgan fingerprint density at radius 2 is 2.13 bits per heavy atom. The first-order chi connectivity index (χ1) is 11.2. The highest BCUT2D eigenvalue weighted by atomic mass is 32.1. The maximum atomic E-state index is 12.5. The Morgan fingerprint density at radius 3 is 2.78 bits per heavy atom. The van der Waals surface area contributed by atoms with Crippen molar-refractivity contribution in [3.05, 3.63) is 22.4 Å². The maximum Gasteiger partial charge on any atom is 0.307 e. The van der Waals surface area contributed by atoms with E-state index in [0.717, 1.165) is 39.3 Å². The minimum Gasteiger partial charge on any atom is -0.469 e. The minimum atomic E-state index is -0.290. The predicted molar refractivity (Wildman–Crippen MR) is 88.7 cm³/mol. The number of methoxy groups -OCH3 is 1. The van der Waals surface area contributed by atoms with Gasteiger partial charge in [0.15, 0.2) is 0 Å². The largest absolute Gasteiger partial charge is 0.469 e. The molecule has 1 aromatic heterocycles. The zero-order chi connectivity index (χ0) is 16.5. The molecule has 0 bridgehead atoms. The van der Waals surface area contributed by atoms with Crippen LogP contribution in [0.1, 0.15) is 22.5 Å². The molecule has 2 heterocycles. The van der Waals surface area contributed by atoms with Crippen molar-refractivity contribution >= 4 is 23.2 Å². The topological polar surface area (TPSA) is 59.1 Å². The molecule has 1 aromatic rings.